The minimum Gasteiger partial charge on any atom is -0.348 e. The molecule has 4 saturated carbocycles. The summed E-state index contributed by atoms with van der Waals surface area (Å²) in [6.07, 6.45) is 12.4. The van der Waals surface area contributed by atoms with Gasteiger partial charge in [0.15, 0.2) is 12.4 Å². The molecule has 4 aliphatic rings. The van der Waals surface area contributed by atoms with E-state index in [0.717, 1.165) is 17.8 Å². The Bertz CT molecular complexity index is 808. The van der Waals surface area contributed by atoms with Crippen LogP contribution < -0.4 is 9.88 Å². The van der Waals surface area contributed by atoms with Gasteiger partial charge in [-0.3, -0.25) is 4.79 Å². The molecule has 0 spiro atoms. The highest BCUT2D eigenvalue weighted by Crippen LogP contribution is 2.61. The van der Waals surface area contributed by atoms with Crippen LogP contribution in [0.1, 0.15) is 45.4 Å². The Morgan fingerprint density at radius 3 is 2.35 bits per heavy atom. The van der Waals surface area contributed by atoms with Gasteiger partial charge in [-0.2, -0.15) is 4.57 Å². The third-order valence-corrected chi connectivity index (χ3v) is 7.45. The number of aromatic nitrogens is 1. The van der Waals surface area contributed by atoms with Crippen molar-refractivity contribution in [3.05, 3.63) is 42.7 Å². The maximum Gasteiger partial charge on any atom is 0.286 e. The van der Waals surface area contributed by atoms with Crippen LogP contribution in [0.15, 0.2) is 42.7 Å². The summed E-state index contributed by atoms with van der Waals surface area (Å²) >= 11 is 0. The van der Waals surface area contributed by atoms with E-state index in [1.54, 1.807) is 0 Å². The second-order valence-electron chi connectivity index (χ2n) is 9.32. The smallest absolute Gasteiger partial charge is 0.286 e. The van der Waals surface area contributed by atoms with Crippen LogP contribution in [0.5, 0.6) is 0 Å². The first-order valence-electron chi connectivity index (χ1n) is 10.3. The molecule has 0 saturated heterocycles. The minimum absolute atomic E-state index is 0.147. The van der Waals surface area contributed by atoms with Crippen LogP contribution in [0.25, 0.3) is 10.8 Å². The van der Waals surface area contributed by atoms with Crippen molar-refractivity contribution in [2.45, 2.75) is 58.0 Å². The van der Waals surface area contributed by atoms with Crippen LogP contribution in [-0.2, 0) is 11.3 Å². The molecule has 4 fully saturated rings. The van der Waals surface area contributed by atoms with Crippen LogP contribution in [-0.4, -0.2) is 11.9 Å². The van der Waals surface area contributed by atoms with Crippen LogP contribution in [0, 0.1) is 23.2 Å². The van der Waals surface area contributed by atoms with E-state index in [4.69, 9.17) is 0 Å². The van der Waals surface area contributed by atoms with E-state index < -0.39 is 0 Å². The molecule has 1 amide bonds. The van der Waals surface area contributed by atoms with Crippen molar-refractivity contribution in [1.82, 2.24) is 5.32 Å². The van der Waals surface area contributed by atoms with Crippen LogP contribution in [0.4, 0.5) is 0 Å². The molecule has 0 aliphatic heterocycles. The van der Waals surface area contributed by atoms with E-state index in [-0.39, 0.29) is 5.91 Å². The number of carbonyl (C=O) groups excluding carboxylic acids is 1. The third kappa shape index (κ3) is 2.82. The summed E-state index contributed by atoms with van der Waals surface area (Å²) in [5.74, 6) is 2.93. The maximum atomic E-state index is 12.7. The quantitative estimate of drug-likeness (QED) is 0.836. The molecule has 4 aliphatic carbocycles. The van der Waals surface area contributed by atoms with Gasteiger partial charge in [0.2, 0.25) is 6.54 Å². The molecular weight excluding hydrogens is 320 g/mol. The van der Waals surface area contributed by atoms with Gasteiger partial charge in [-0.15, -0.1) is 0 Å². The summed E-state index contributed by atoms with van der Waals surface area (Å²) in [6, 6.07) is 10.7. The predicted octanol–water partition coefficient (Wildman–Crippen LogP) is 3.85. The summed E-state index contributed by atoms with van der Waals surface area (Å²) in [7, 11) is 0. The molecule has 3 nitrogen and oxygen atoms in total. The molecule has 3 heteroatoms. The largest absolute Gasteiger partial charge is 0.348 e. The van der Waals surface area contributed by atoms with Gasteiger partial charge in [0.1, 0.15) is 0 Å². The molecule has 1 atom stereocenters. The fourth-order valence-corrected chi connectivity index (χ4v) is 6.59. The summed E-state index contributed by atoms with van der Waals surface area (Å²) in [6.45, 7) is 2.66. The Kier molecular flexibility index (Phi) is 3.80. The minimum atomic E-state index is 0.147. The number of benzene rings is 1. The number of nitrogens with zero attached hydrogens (tertiary/aromatic N) is 1. The van der Waals surface area contributed by atoms with Gasteiger partial charge in [-0.05, 0) is 80.1 Å². The first-order chi connectivity index (χ1) is 12.6. The fourth-order valence-electron chi connectivity index (χ4n) is 6.59. The lowest BCUT2D eigenvalue weighted by atomic mass is 9.48. The van der Waals surface area contributed by atoms with E-state index in [2.05, 4.69) is 36.6 Å². The molecule has 4 bridgehead atoms. The fraction of sp³-hybridized carbons (Fsp3) is 0.565. The van der Waals surface area contributed by atoms with Crippen molar-refractivity contribution in [3.63, 3.8) is 0 Å². The number of carbonyl (C=O) groups is 1. The van der Waals surface area contributed by atoms with Gasteiger partial charge in [-0.1, -0.05) is 18.2 Å². The monoisotopic (exact) mass is 349 g/mol. The first kappa shape index (κ1) is 16.3. The van der Waals surface area contributed by atoms with E-state index in [0.29, 0.717) is 18.0 Å². The Morgan fingerprint density at radius 2 is 1.69 bits per heavy atom. The molecule has 1 aromatic heterocycles. The summed E-state index contributed by atoms with van der Waals surface area (Å²) < 4.78 is 2.00. The average Bonchev–Trinajstić information content (AvgIpc) is 2.60. The number of amides is 1. The maximum absolute atomic E-state index is 12.7. The molecule has 6 rings (SSSR count). The van der Waals surface area contributed by atoms with Crippen LogP contribution in [0.2, 0.25) is 0 Å². The average molecular weight is 349 g/mol. The highest BCUT2D eigenvalue weighted by Gasteiger charge is 2.53. The topological polar surface area (TPSA) is 33.0 Å². The first-order valence-corrected chi connectivity index (χ1v) is 10.3. The van der Waals surface area contributed by atoms with Gasteiger partial charge in [0.25, 0.3) is 5.91 Å². The highest BCUT2D eigenvalue weighted by atomic mass is 16.2. The van der Waals surface area contributed by atoms with Crippen molar-refractivity contribution in [2.75, 3.05) is 0 Å². The molecule has 26 heavy (non-hydrogen) atoms. The molecule has 0 unspecified atom stereocenters. The molecule has 1 aromatic carbocycles. The normalized spacial score (nSPS) is 33.3. The Balaban J connectivity index is 1.27. The van der Waals surface area contributed by atoms with Gasteiger partial charge >= 0.3 is 0 Å². The molecular formula is C23H29N2O+. The van der Waals surface area contributed by atoms with Gasteiger partial charge < -0.3 is 5.32 Å². The Hall–Kier alpha value is -1.90. The van der Waals surface area contributed by atoms with Gasteiger partial charge in [0.05, 0.1) is 0 Å². The molecule has 0 radical (unpaired) electrons. The van der Waals surface area contributed by atoms with Crippen molar-refractivity contribution in [2.24, 2.45) is 23.2 Å². The van der Waals surface area contributed by atoms with Crippen LogP contribution in [0.3, 0.4) is 0 Å². The number of hydrogen-bond donors (Lipinski definition) is 1. The molecule has 1 N–H and O–H groups in total. The number of fused-ring (bicyclic) bond motifs is 1. The summed E-state index contributed by atoms with van der Waals surface area (Å²) in [4.78, 5) is 12.7. The second kappa shape index (κ2) is 6.07. The SMILES string of the molecule is C[C@H](NC(=O)C[n+]1ccc2ccccc2c1)C12CC3CC(CC(C3)C1)C2. The lowest BCUT2D eigenvalue weighted by Gasteiger charge is -2.59. The Labute approximate surface area is 155 Å². The summed E-state index contributed by atoms with van der Waals surface area (Å²) in [5.41, 5.74) is 0.373. The van der Waals surface area contributed by atoms with Crippen molar-refractivity contribution < 1.29 is 9.36 Å². The second-order valence-corrected chi connectivity index (χ2v) is 9.32. The van der Waals surface area contributed by atoms with Gasteiger partial charge in [-0.25, -0.2) is 0 Å². The number of nitrogens with one attached hydrogen (secondary N) is 1. The Morgan fingerprint density at radius 1 is 1.08 bits per heavy atom. The van der Waals surface area contributed by atoms with E-state index >= 15 is 0 Å². The zero-order valence-electron chi connectivity index (χ0n) is 15.7. The molecule has 2 aromatic rings. The standard InChI is InChI=1S/C23H28N2O/c1-16(23-11-17-8-18(12-23)10-19(9-17)13-23)24-22(26)15-25-7-6-20-4-2-3-5-21(20)14-25/h2-7,14,16-19H,8-13,15H2,1H3/p+1/t16-,17?,18?,19?,23?/m0/s1. The lowest BCUT2D eigenvalue weighted by Crippen LogP contribution is -2.57. The summed E-state index contributed by atoms with van der Waals surface area (Å²) in [5, 5.41) is 5.77. The lowest BCUT2D eigenvalue weighted by molar-refractivity contribution is -0.683. The van der Waals surface area contributed by atoms with Crippen molar-refractivity contribution in [1.29, 1.82) is 0 Å². The van der Waals surface area contributed by atoms with Gasteiger partial charge in [0, 0.05) is 17.5 Å². The number of rotatable bonds is 4. The van der Waals surface area contributed by atoms with Crippen molar-refractivity contribution in [3.8, 4) is 0 Å². The zero-order valence-corrected chi connectivity index (χ0v) is 15.7. The number of pyridine rings is 1. The van der Waals surface area contributed by atoms with Crippen LogP contribution >= 0.6 is 0 Å². The predicted molar refractivity (Wildman–Crippen MR) is 102 cm³/mol. The molecule has 1 heterocycles. The zero-order chi connectivity index (χ0) is 17.7. The highest BCUT2D eigenvalue weighted by molar-refractivity contribution is 5.80. The van der Waals surface area contributed by atoms with E-state index in [9.17, 15) is 4.79 Å². The molecule has 136 valence electrons. The number of hydrogen-bond acceptors (Lipinski definition) is 1. The van der Waals surface area contributed by atoms with Crippen molar-refractivity contribution >= 4 is 16.7 Å². The van der Waals surface area contributed by atoms with E-state index in [1.807, 2.05) is 22.9 Å². The van der Waals surface area contributed by atoms with E-state index in [1.165, 1.54) is 49.3 Å². The third-order valence-electron chi connectivity index (χ3n) is 7.45.